The molecule has 0 saturated carbocycles. The molecule has 3 aromatic rings. The third-order valence-corrected chi connectivity index (χ3v) is 4.37. The number of nitrogens with one attached hydrogen (secondary N) is 3. The van der Waals surface area contributed by atoms with E-state index in [0.29, 0.717) is 24.3 Å². The fourth-order valence-corrected chi connectivity index (χ4v) is 3.17. The molecule has 1 atom stereocenters. The van der Waals surface area contributed by atoms with E-state index in [1.54, 1.807) is 4.68 Å². The molecular formula is C17H18N6O2. The van der Waals surface area contributed by atoms with Gasteiger partial charge in [0.15, 0.2) is 5.65 Å². The lowest BCUT2D eigenvalue weighted by Gasteiger charge is -2.09. The minimum atomic E-state index is -0.166. The van der Waals surface area contributed by atoms with Gasteiger partial charge in [-0.3, -0.25) is 14.7 Å². The molecule has 25 heavy (non-hydrogen) atoms. The predicted octanol–water partition coefficient (Wildman–Crippen LogP) is 1.57. The lowest BCUT2D eigenvalue weighted by atomic mass is 10.1. The van der Waals surface area contributed by atoms with Crippen molar-refractivity contribution in [2.24, 2.45) is 7.05 Å². The van der Waals surface area contributed by atoms with Gasteiger partial charge in [-0.1, -0.05) is 30.3 Å². The minimum Gasteiger partial charge on any atom is -0.353 e. The largest absolute Gasteiger partial charge is 0.353 e. The topological polar surface area (TPSA) is 105 Å². The lowest BCUT2D eigenvalue weighted by molar-refractivity contribution is -0.119. The van der Waals surface area contributed by atoms with Crippen molar-refractivity contribution < 1.29 is 9.59 Å². The summed E-state index contributed by atoms with van der Waals surface area (Å²) in [6.07, 6.45) is 1.41. The summed E-state index contributed by atoms with van der Waals surface area (Å²) in [4.78, 5) is 23.6. The Bertz CT molecular complexity index is 943. The Morgan fingerprint density at radius 3 is 2.88 bits per heavy atom. The first kappa shape index (κ1) is 15.4. The number of anilines is 1. The second-order valence-electron chi connectivity index (χ2n) is 6.19. The molecular weight excluding hydrogens is 320 g/mol. The molecule has 0 aliphatic carbocycles. The maximum absolute atomic E-state index is 12.3. The molecule has 2 aromatic heterocycles. The van der Waals surface area contributed by atoms with Gasteiger partial charge in [-0.05, 0) is 6.42 Å². The number of rotatable bonds is 4. The van der Waals surface area contributed by atoms with Crippen molar-refractivity contribution in [3.05, 3.63) is 30.3 Å². The van der Waals surface area contributed by atoms with Crippen LogP contribution >= 0.6 is 0 Å². The summed E-state index contributed by atoms with van der Waals surface area (Å²) in [5.41, 5.74) is 2.38. The Morgan fingerprint density at radius 2 is 2.16 bits per heavy atom. The van der Waals surface area contributed by atoms with E-state index in [9.17, 15) is 9.59 Å². The Balaban J connectivity index is 1.62. The molecule has 1 aliphatic heterocycles. The molecule has 1 fully saturated rings. The number of aryl methyl sites for hydroxylation is 1. The fraction of sp³-hybridized carbons (Fsp3) is 0.294. The van der Waals surface area contributed by atoms with Crippen LogP contribution in [0.1, 0.15) is 19.3 Å². The lowest BCUT2D eigenvalue weighted by Crippen LogP contribution is -2.29. The zero-order valence-electron chi connectivity index (χ0n) is 13.7. The minimum absolute atomic E-state index is 0.000328. The highest BCUT2D eigenvalue weighted by Gasteiger charge is 2.24. The summed E-state index contributed by atoms with van der Waals surface area (Å²) >= 11 is 0. The molecule has 0 radical (unpaired) electrons. The van der Waals surface area contributed by atoms with E-state index < -0.39 is 0 Å². The predicted molar refractivity (Wildman–Crippen MR) is 92.7 cm³/mol. The van der Waals surface area contributed by atoms with Gasteiger partial charge in [0.1, 0.15) is 11.5 Å². The van der Waals surface area contributed by atoms with Crippen molar-refractivity contribution in [1.29, 1.82) is 0 Å². The molecule has 0 bridgehead atoms. The average molecular weight is 338 g/mol. The van der Waals surface area contributed by atoms with E-state index in [4.69, 9.17) is 0 Å². The summed E-state index contributed by atoms with van der Waals surface area (Å²) in [6, 6.07) is 9.65. The van der Waals surface area contributed by atoms with Crippen LogP contribution in [0.2, 0.25) is 0 Å². The number of nitrogens with zero attached hydrogens (tertiary/aromatic N) is 3. The second-order valence-corrected chi connectivity index (χ2v) is 6.19. The van der Waals surface area contributed by atoms with E-state index in [-0.39, 0.29) is 24.3 Å². The Labute approximate surface area is 143 Å². The van der Waals surface area contributed by atoms with E-state index in [1.807, 2.05) is 37.4 Å². The van der Waals surface area contributed by atoms with Crippen LogP contribution in [0.4, 0.5) is 5.82 Å². The van der Waals surface area contributed by atoms with Crippen LogP contribution in [-0.2, 0) is 16.6 Å². The molecule has 128 valence electrons. The number of hydrogen-bond donors (Lipinski definition) is 3. The van der Waals surface area contributed by atoms with Crippen LogP contribution in [0.25, 0.3) is 22.3 Å². The summed E-state index contributed by atoms with van der Waals surface area (Å²) in [5, 5.41) is 18.1. The Kier molecular flexibility index (Phi) is 3.72. The summed E-state index contributed by atoms with van der Waals surface area (Å²) in [7, 11) is 1.81. The summed E-state index contributed by atoms with van der Waals surface area (Å²) < 4.78 is 1.68. The first-order chi connectivity index (χ1) is 12.1. The monoisotopic (exact) mass is 338 g/mol. The zero-order valence-corrected chi connectivity index (χ0v) is 13.7. The maximum atomic E-state index is 12.3. The summed E-state index contributed by atoms with van der Waals surface area (Å²) in [6.45, 7) is 0. The highest BCUT2D eigenvalue weighted by atomic mass is 16.2. The molecule has 3 N–H and O–H groups in total. The summed E-state index contributed by atoms with van der Waals surface area (Å²) in [5.74, 6) is 0.359. The first-order valence-electron chi connectivity index (χ1n) is 8.17. The highest BCUT2D eigenvalue weighted by Crippen LogP contribution is 2.31. The number of carbonyl (C=O) groups is 2. The van der Waals surface area contributed by atoms with Crippen molar-refractivity contribution >= 4 is 28.7 Å². The number of carbonyl (C=O) groups excluding carboxylic acids is 2. The van der Waals surface area contributed by atoms with Gasteiger partial charge in [0, 0.05) is 31.5 Å². The third-order valence-electron chi connectivity index (χ3n) is 4.37. The SMILES string of the molecule is Cn1nc(-c2ccccc2)c2c(NC(=O)CC3CCC(=O)N3)[nH]nc21. The van der Waals surface area contributed by atoms with Crippen LogP contribution in [0.3, 0.4) is 0 Å². The first-order valence-corrected chi connectivity index (χ1v) is 8.17. The van der Waals surface area contributed by atoms with E-state index in [2.05, 4.69) is 25.9 Å². The Morgan fingerprint density at radius 1 is 1.36 bits per heavy atom. The molecule has 8 heteroatoms. The van der Waals surface area contributed by atoms with Gasteiger partial charge in [-0.25, -0.2) is 4.68 Å². The number of H-pyrrole nitrogens is 1. The molecule has 1 aliphatic rings. The normalized spacial score (nSPS) is 17.0. The zero-order chi connectivity index (χ0) is 17.4. The smallest absolute Gasteiger partial charge is 0.227 e. The van der Waals surface area contributed by atoms with Gasteiger partial charge in [0.2, 0.25) is 11.8 Å². The molecule has 1 saturated heterocycles. The number of fused-ring (bicyclic) bond motifs is 1. The van der Waals surface area contributed by atoms with Crippen LogP contribution in [0, 0.1) is 0 Å². The van der Waals surface area contributed by atoms with Crippen LogP contribution in [0.15, 0.2) is 30.3 Å². The molecule has 0 spiro atoms. The van der Waals surface area contributed by atoms with Crippen LogP contribution in [-0.4, -0.2) is 37.8 Å². The number of amides is 2. The Hall–Kier alpha value is -3.16. The molecule has 1 unspecified atom stereocenters. The van der Waals surface area contributed by atoms with Gasteiger partial charge >= 0.3 is 0 Å². The number of aromatic nitrogens is 4. The van der Waals surface area contributed by atoms with Crippen LogP contribution in [0.5, 0.6) is 0 Å². The van der Waals surface area contributed by atoms with E-state index in [1.165, 1.54) is 0 Å². The van der Waals surface area contributed by atoms with Gasteiger partial charge in [-0.15, -0.1) is 0 Å². The highest BCUT2D eigenvalue weighted by molar-refractivity contribution is 6.05. The van der Waals surface area contributed by atoms with Crippen molar-refractivity contribution in [1.82, 2.24) is 25.3 Å². The average Bonchev–Trinajstić information content (AvgIpc) is 3.27. The van der Waals surface area contributed by atoms with Gasteiger partial charge in [-0.2, -0.15) is 10.2 Å². The third kappa shape index (κ3) is 2.86. The molecule has 3 heterocycles. The van der Waals surface area contributed by atoms with E-state index in [0.717, 1.165) is 16.6 Å². The quantitative estimate of drug-likeness (QED) is 0.671. The van der Waals surface area contributed by atoms with Gasteiger partial charge < -0.3 is 10.6 Å². The maximum Gasteiger partial charge on any atom is 0.227 e. The second kappa shape index (κ2) is 6.04. The van der Waals surface area contributed by atoms with Gasteiger partial charge in [0.25, 0.3) is 0 Å². The van der Waals surface area contributed by atoms with Crippen molar-refractivity contribution in [3.63, 3.8) is 0 Å². The molecule has 8 nitrogen and oxygen atoms in total. The number of benzene rings is 1. The van der Waals surface area contributed by atoms with Crippen molar-refractivity contribution in [2.45, 2.75) is 25.3 Å². The van der Waals surface area contributed by atoms with Gasteiger partial charge in [0.05, 0.1) is 5.39 Å². The molecule has 4 rings (SSSR count). The number of hydrogen-bond acceptors (Lipinski definition) is 4. The van der Waals surface area contributed by atoms with Crippen molar-refractivity contribution in [2.75, 3.05) is 5.32 Å². The molecule has 1 aromatic carbocycles. The standard InChI is InChI=1S/C17H18N6O2/c1-23-17-14(15(22-23)10-5-3-2-4-6-10)16(20-21-17)19-13(25)9-11-7-8-12(24)18-11/h2-6,11H,7-9H2,1H3,(H,18,24)(H2,19,20,21,25). The molecule has 2 amide bonds. The van der Waals surface area contributed by atoms with E-state index >= 15 is 0 Å². The number of aromatic amines is 1. The van der Waals surface area contributed by atoms with Crippen LogP contribution < -0.4 is 10.6 Å². The van der Waals surface area contributed by atoms with Crippen molar-refractivity contribution in [3.8, 4) is 11.3 Å². The fourth-order valence-electron chi connectivity index (χ4n) is 3.17.